The van der Waals surface area contributed by atoms with Crippen molar-refractivity contribution >= 4 is 41.3 Å². The maximum atomic E-state index is 12.3. The first-order chi connectivity index (χ1) is 19.8. The second-order valence-electron chi connectivity index (χ2n) is 8.70. The summed E-state index contributed by atoms with van der Waals surface area (Å²) in [5.41, 5.74) is 5.53. The maximum absolute atomic E-state index is 12.3. The molecule has 3 amide bonds. The highest BCUT2D eigenvalue weighted by atomic mass is 16.5. The van der Waals surface area contributed by atoms with Crippen LogP contribution in [0.2, 0.25) is 0 Å². The first-order valence-corrected chi connectivity index (χ1v) is 12.8. The second-order valence-corrected chi connectivity index (χ2v) is 8.70. The Morgan fingerprint density at radius 1 is 0.854 bits per heavy atom. The van der Waals surface area contributed by atoms with E-state index >= 15 is 0 Å². The van der Waals surface area contributed by atoms with Gasteiger partial charge in [-0.05, 0) is 73.5 Å². The second kappa shape index (κ2) is 15.4. The highest BCUT2D eigenvalue weighted by molar-refractivity contribution is 5.94. The van der Waals surface area contributed by atoms with E-state index in [2.05, 4.69) is 21.2 Å². The van der Waals surface area contributed by atoms with Gasteiger partial charge in [-0.2, -0.15) is 5.10 Å². The Labute approximate surface area is 237 Å². The normalized spacial score (nSPS) is 10.5. The Hall–Kier alpha value is -5.19. The lowest BCUT2D eigenvalue weighted by atomic mass is 10.2. The summed E-state index contributed by atoms with van der Waals surface area (Å²) < 4.78 is 15.9. The highest BCUT2D eigenvalue weighted by Gasteiger charge is 2.11. The number of hydrogen-bond donors (Lipinski definition) is 3. The summed E-state index contributed by atoms with van der Waals surface area (Å²) in [5, 5.41) is 9.39. The Morgan fingerprint density at radius 3 is 2.29 bits per heavy atom. The third-order valence-electron chi connectivity index (χ3n) is 5.63. The van der Waals surface area contributed by atoms with Crippen LogP contribution in [0.4, 0.5) is 11.4 Å². The van der Waals surface area contributed by atoms with E-state index in [4.69, 9.17) is 14.2 Å². The number of anilines is 2. The average Bonchev–Trinajstić information content (AvgIpc) is 2.97. The number of nitrogens with one attached hydrogen (secondary N) is 3. The van der Waals surface area contributed by atoms with Crippen LogP contribution in [0.5, 0.6) is 11.5 Å². The number of aryl methyl sites for hydroxylation is 1. The van der Waals surface area contributed by atoms with E-state index in [1.807, 2.05) is 25.1 Å². The van der Waals surface area contributed by atoms with Crippen molar-refractivity contribution in [2.75, 3.05) is 31.0 Å². The summed E-state index contributed by atoms with van der Waals surface area (Å²) in [6, 6.07) is 18.6. The van der Waals surface area contributed by atoms with E-state index in [1.54, 1.807) is 55.5 Å². The topological polar surface area (TPSA) is 144 Å². The number of esters is 1. The van der Waals surface area contributed by atoms with Crippen LogP contribution in [-0.4, -0.2) is 50.2 Å². The van der Waals surface area contributed by atoms with Crippen molar-refractivity contribution in [2.24, 2.45) is 5.10 Å². The zero-order valence-electron chi connectivity index (χ0n) is 23.1. The molecule has 0 aliphatic rings. The van der Waals surface area contributed by atoms with E-state index < -0.39 is 17.8 Å². The van der Waals surface area contributed by atoms with Gasteiger partial charge in [0.25, 0.3) is 5.91 Å². The fourth-order valence-corrected chi connectivity index (χ4v) is 3.52. The summed E-state index contributed by atoms with van der Waals surface area (Å²) in [7, 11) is 1.46. The van der Waals surface area contributed by atoms with Gasteiger partial charge in [-0.25, -0.2) is 10.2 Å². The molecule has 0 aliphatic carbocycles. The van der Waals surface area contributed by atoms with Crippen molar-refractivity contribution in [1.82, 2.24) is 5.43 Å². The van der Waals surface area contributed by atoms with E-state index in [9.17, 15) is 19.2 Å². The van der Waals surface area contributed by atoms with Crippen LogP contribution < -0.4 is 25.5 Å². The van der Waals surface area contributed by atoms with Gasteiger partial charge in [0.1, 0.15) is 0 Å². The summed E-state index contributed by atoms with van der Waals surface area (Å²) in [5.74, 6) is -0.818. The molecule has 11 heteroatoms. The van der Waals surface area contributed by atoms with E-state index in [0.717, 1.165) is 5.56 Å². The summed E-state index contributed by atoms with van der Waals surface area (Å²) >= 11 is 0. The first-order valence-electron chi connectivity index (χ1n) is 12.8. The SMILES string of the molecule is CCOC(=O)c1ccc(NC(=O)COc2ccc(C=NNC(=O)CCC(=O)Nc3ccccc3C)cc2OC)cc1. The van der Waals surface area contributed by atoms with Crippen LogP contribution in [0.3, 0.4) is 0 Å². The minimum atomic E-state index is -0.435. The zero-order valence-corrected chi connectivity index (χ0v) is 23.1. The number of amides is 3. The number of ether oxygens (including phenoxy) is 3. The highest BCUT2D eigenvalue weighted by Crippen LogP contribution is 2.27. The molecular formula is C30H32N4O7. The lowest BCUT2D eigenvalue weighted by molar-refractivity contribution is -0.124. The van der Waals surface area contributed by atoms with Gasteiger partial charge < -0.3 is 24.8 Å². The molecule has 0 aliphatic heterocycles. The fourth-order valence-electron chi connectivity index (χ4n) is 3.52. The van der Waals surface area contributed by atoms with Gasteiger partial charge in [-0.1, -0.05) is 18.2 Å². The van der Waals surface area contributed by atoms with Crippen LogP contribution in [0.15, 0.2) is 71.8 Å². The monoisotopic (exact) mass is 560 g/mol. The van der Waals surface area contributed by atoms with Gasteiger partial charge in [-0.15, -0.1) is 0 Å². The van der Waals surface area contributed by atoms with E-state index in [1.165, 1.54) is 13.3 Å². The number of hydrogen-bond acceptors (Lipinski definition) is 8. The summed E-state index contributed by atoms with van der Waals surface area (Å²) in [4.78, 5) is 48.3. The van der Waals surface area contributed by atoms with Crippen molar-refractivity contribution in [3.63, 3.8) is 0 Å². The molecule has 0 saturated heterocycles. The first kappa shape index (κ1) is 30.4. The number of carbonyl (C=O) groups excluding carboxylic acids is 4. The number of hydrazone groups is 1. The molecular weight excluding hydrogens is 528 g/mol. The third kappa shape index (κ3) is 9.81. The molecule has 3 rings (SSSR count). The number of rotatable bonds is 13. The molecule has 3 N–H and O–H groups in total. The van der Waals surface area contributed by atoms with Gasteiger partial charge in [0.05, 0.1) is 25.5 Å². The molecule has 0 saturated carbocycles. The minimum absolute atomic E-state index is 0.0159. The molecule has 0 radical (unpaired) electrons. The number of methoxy groups -OCH3 is 1. The molecule has 0 spiro atoms. The molecule has 3 aromatic carbocycles. The zero-order chi connectivity index (χ0) is 29.6. The van der Waals surface area contributed by atoms with Crippen LogP contribution in [0.1, 0.15) is 41.3 Å². The molecule has 0 fully saturated rings. The lowest BCUT2D eigenvalue weighted by Crippen LogP contribution is -2.21. The van der Waals surface area contributed by atoms with E-state index in [0.29, 0.717) is 34.0 Å². The molecule has 0 bridgehead atoms. The van der Waals surface area contributed by atoms with Crippen molar-refractivity contribution in [3.8, 4) is 11.5 Å². The fraction of sp³-hybridized carbons (Fsp3) is 0.233. The number of nitrogens with zero attached hydrogens (tertiary/aromatic N) is 1. The van der Waals surface area contributed by atoms with Crippen LogP contribution in [-0.2, 0) is 19.1 Å². The number of benzene rings is 3. The molecule has 0 atom stereocenters. The summed E-state index contributed by atoms with van der Waals surface area (Å²) in [6.45, 7) is 3.61. The van der Waals surface area contributed by atoms with Gasteiger partial charge in [0, 0.05) is 24.2 Å². The van der Waals surface area contributed by atoms with Crippen molar-refractivity contribution < 1.29 is 33.4 Å². The largest absolute Gasteiger partial charge is 0.493 e. The predicted octanol–water partition coefficient (Wildman–Crippen LogP) is 4.07. The molecule has 0 heterocycles. The predicted molar refractivity (Wildman–Crippen MR) is 154 cm³/mol. The quantitative estimate of drug-likeness (QED) is 0.162. The maximum Gasteiger partial charge on any atom is 0.338 e. The van der Waals surface area contributed by atoms with Gasteiger partial charge in [-0.3, -0.25) is 14.4 Å². The van der Waals surface area contributed by atoms with Gasteiger partial charge >= 0.3 is 5.97 Å². The van der Waals surface area contributed by atoms with Gasteiger partial charge in [0.15, 0.2) is 18.1 Å². The third-order valence-corrected chi connectivity index (χ3v) is 5.63. The average molecular weight is 561 g/mol. The van der Waals surface area contributed by atoms with Crippen LogP contribution in [0.25, 0.3) is 0 Å². The Bertz CT molecular complexity index is 1400. The summed E-state index contributed by atoms with van der Waals surface area (Å²) in [6.07, 6.45) is 1.41. The van der Waals surface area contributed by atoms with Crippen LogP contribution in [0, 0.1) is 6.92 Å². The van der Waals surface area contributed by atoms with Gasteiger partial charge in [0.2, 0.25) is 11.8 Å². The Kier molecular flexibility index (Phi) is 11.4. The number of para-hydroxylation sites is 1. The van der Waals surface area contributed by atoms with E-state index in [-0.39, 0.29) is 32.0 Å². The molecule has 0 aromatic heterocycles. The number of carbonyl (C=O) groups is 4. The molecule has 11 nitrogen and oxygen atoms in total. The van der Waals surface area contributed by atoms with Crippen molar-refractivity contribution in [1.29, 1.82) is 0 Å². The molecule has 0 unspecified atom stereocenters. The van der Waals surface area contributed by atoms with Crippen LogP contribution >= 0.6 is 0 Å². The molecule has 214 valence electrons. The smallest absolute Gasteiger partial charge is 0.338 e. The minimum Gasteiger partial charge on any atom is -0.493 e. The van der Waals surface area contributed by atoms with Crippen molar-refractivity contribution in [2.45, 2.75) is 26.7 Å². The molecule has 41 heavy (non-hydrogen) atoms. The lowest BCUT2D eigenvalue weighted by Gasteiger charge is -2.11. The Balaban J connectivity index is 1.44. The molecule has 3 aromatic rings. The standard InChI is InChI=1S/C30H32N4O7/c1-4-40-30(38)22-10-12-23(13-11-22)32-29(37)19-41-25-14-9-21(17-26(25)39-3)18-31-34-28(36)16-15-27(35)33-24-8-6-5-7-20(24)2/h5-14,17-18H,4,15-16,19H2,1-3H3,(H,32,37)(H,33,35)(H,34,36). The Morgan fingerprint density at radius 2 is 1.59 bits per heavy atom. The van der Waals surface area contributed by atoms with Crippen molar-refractivity contribution in [3.05, 3.63) is 83.4 Å².